The van der Waals surface area contributed by atoms with E-state index in [-0.39, 0.29) is 12.8 Å². The monoisotopic (exact) mass is 303 g/mol. The van der Waals surface area contributed by atoms with Crippen molar-refractivity contribution in [1.29, 1.82) is 0 Å². The van der Waals surface area contributed by atoms with Gasteiger partial charge >= 0.3 is 0 Å². The number of pyridine rings is 1. The van der Waals surface area contributed by atoms with Crippen LogP contribution >= 0.6 is 0 Å². The first-order chi connectivity index (χ1) is 10.0. The highest BCUT2D eigenvalue weighted by molar-refractivity contribution is 7.93. The largest absolute Gasteiger partial charge is 0.383 e. The Kier molecular flexibility index (Phi) is 2.69. The fraction of sp³-hybridized carbons (Fsp3) is 0.438. The van der Waals surface area contributed by atoms with Gasteiger partial charge in [0.05, 0.1) is 16.2 Å². The van der Waals surface area contributed by atoms with Crippen molar-refractivity contribution in [3.05, 3.63) is 42.2 Å². The highest BCUT2D eigenvalue weighted by atomic mass is 32.2. The van der Waals surface area contributed by atoms with Crippen LogP contribution in [0.1, 0.15) is 31.4 Å². The Balaban J connectivity index is 1.86. The Labute approximate surface area is 123 Å². The summed E-state index contributed by atoms with van der Waals surface area (Å²) in [4.78, 5) is 4.40. The zero-order valence-corrected chi connectivity index (χ0v) is 12.4. The lowest BCUT2D eigenvalue weighted by Crippen LogP contribution is -2.43. The average Bonchev–Trinajstić information content (AvgIpc) is 2.66. The smallest absolute Gasteiger partial charge is 0.156 e. The van der Waals surface area contributed by atoms with Gasteiger partial charge in [0.15, 0.2) is 9.84 Å². The van der Waals surface area contributed by atoms with Crippen molar-refractivity contribution in [3.8, 4) is 0 Å². The first-order valence-corrected chi connectivity index (χ1v) is 8.91. The van der Waals surface area contributed by atoms with Gasteiger partial charge in [0, 0.05) is 11.6 Å². The van der Waals surface area contributed by atoms with Crippen molar-refractivity contribution < 1.29 is 13.5 Å². The summed E-state index contributed by atoms with van der Waals surface area (Å²) in [7, 11) is -3.05. The van der Waals surface area contributed by atoms with Gasteiger partial charge in [0.2, 0.25) is 0 Å². The second-order valence-corrected chi connectivity index (χ2v) is 8.74. The average molecular weight is 303 g/mol. The summed E-state index contributed by atoms with van der Waals surface area (Å²) >= 11 is 0. The van der Waals surface area contributed by atoms with Gasteiger partial charge in [-0.3, -0.25) is 4.98 Å². The van der Waals surface area contributed by atoms with E-state index >= 15 is 0 Å². The van der Waals surface area contributed by atoms with E-state index in [9.17, 15) is 13.5 Å². The lowest BCUT2D eigenvalue weighted by Gasteiger charge is -2.36. The Bertz CT molecular complexity index is 790. The molecule has 1 aromatic heterocycles. The summed E-state index contributed by atoms with van der Waals surface area (Å²) in [6.07, 6.45) is 3.57. The highest BCUT2D eigenvalue weighted by Crippen LogP contribution is 2.48. The molecule has 0 amide bonds. The maximum atomic E-state index is 12.2. The molecule has 2 saturated heterocycles. The van der Waals surface area contributed by atoms with Crippen LogP contribution in [0.2, 0.25) is 0 Å². The van der Waals surface area contributed by atoms with Gasteiger partial charge in [-0.25, -0.2) is 8.42 Å². The second-order valence-electron chi connectivity index (χ2n) is 6.23. The summed E-state index contributed by atoms with van der Waals surface area (Å²) in [6, 6.07) is 9.71. The molecule has 1 aromatic carbocycles. The lowest BCUT2D eigenvalue weighted by molar-refractivity contribution is 0.0147. The molecule has 110 valence electrons. The number of nitrogens with zero attached hydrogens (tertiary/aromatic N) is 1. The van der Waals surface area contributed by atoms with Crippen LogP contribution in [0.15, 0.2) is 36.5 Å². The molecule has 2 bridgehead atoms. The highest BCUT2D eigenvalue weighted by Gasteiger charge is 2.54. The third-order valence-corrected chi connectivity index (χ3v) is 7.65. The van der Waals surface area contributed by atoms with Gasteiger partial charge in [0.1, 0.15) is 5.60 Å². The van der Waals surface area contributed by atoms with E-state index in [4.69, 9.17) is 0 Å². The van der Waals surface area contributed by atoms with Gasteiger partial charge in [-0.1, -0.05) is 24.3 Å². The van der Waals surface area contributed by atoms with Gasteiger partial charge in [-0.15, -0.1) is 0 Å². The van der Waals surface area contributed by atoms with Crippen LogP contribution in [0, 0.1) is 0 Å². The van der Waals surface area contributed by atoms with Crippen LogP contribution in [-0.4, -0.2) is 29.0 Å². The minimum atomic E-state index is -3.05. The molecule has 3 heterocycles. The topological polar surface area (TPSA) is 67.3 Å². The fourth-order valence-electron chi connectivity index (χ4n) is 3.93. The van der Waals surface area contributed by atoms with E-state index < -0.39 is 25.9 Å². The van der Waals surface area contributed by atoms with Gasteiger partial charge in [0.25, 0.3) is 0 Å². The van der Waals surface area contributed by atoms with Crippen LogP contribution in [0.25, 0.3) is 10.8 Å². The van der Waals surface area contributed by atoms with Crippen LogP contribution in [0.3, 0.4) is 0 Å². The fourth-order valence-corrected chi connectivity index (χ4v) is 6.42. The maximum absolute atomic E-state index is 12.2. The SMILES string of the molecule is O=S1(=O)C2CCC1CC(O)(c1nccc3ccccc13)C2. The molecule has 21 heavy (non-hydrogen) atoms. The molecule has 0 saturated carbocycles. The summed E-state index contributed by atoms with van der Waals surface area (Å²) in [5, 5.41) is 12.2. The van der Waals surface area contributed by atoms with E-state index in [1.807, 2.05) is 30.3 Å². The van der Waals surface area contributed by atoms with Crippen molar-refractivity contribution in [3.63, 3.8) is 0 Å². The first kappa shape index (κ1) is 13.2. The predicted octanol–water partition coefficient (Wildman–Crippen LogP) is 2.16. The van der Waals surface area contributed by atoms with Crippen molar-refractivity contribution in [2.24, 2.45) is 0 Å². The minimum Gasteiger partial charge on any atom is -0.383 e. The number of hydrogen-bond acceptors (Lipinski definition) is 4. The number of aromatic nitrogens is 1. The van der Waals surface area contributed by atoms with Crippen LogP contribution < -0.4 is 0 Å². The molecule has 2 aliphatic rings. The van der Waals surface area contributed by atoms with Crippen LogP contribution in [0.4, 0.5) is 0 Å². The molecule has 5 heteroatoms. The second kappa shape index (κ2) is 4.27. The summed E-state index contributed by atoms with van der Waals surface area (Å²) in [5.74, 6) is 0. The molecule has 0 radical (unpaired) electrons. The normalized spacial score (nSPS) is 34.1. The molecule has 2 aliphatic heterocycles. The standard InChI is InChI=1S/C16H17NO3S/c18-16(9-12-5-6-13(10-16)21(12,19)20)15-14-4-2-1-3-11(14)7-8-17-15/h1-4,7-8,12-13,18H,5-6,9-10H2. The van der Waals surface area contributed by atoms with Crippen molar-refractivity contribution in [2.45, 2.75) is 41.8 Å². The summed E-state index contributed by atoms with van der Waals surface area (Å²) < 4.78 is 24.5. The van der Waals surface area contributed by atoms with E-state index in [1.165, 1.54) is 0 Å². The number of benzene rings is 1. The maximum Gasteiger partial charge on any atom is 0.156 e. The van der Waals surface area contributed by atoms with Crippen LogP contribution in [0.5, 0.6) is 0 Å². The van der Waals surface area contributed by atoms with E-state index in [0.717, 1.165) is 10.8 Å². The molecule has 4 rings (SSSR count). The number of hydrogen-bond donors (Lipinski definition) is 1. The van der Waals surface area contributed by atoms with Gasteiger partial charge < -0.3 is 5.11 Å². The first-order valence-electron chi connectivity index (χ1n) is 7.30. The van der Waals surface area contributed by atoms with Crippen molar-refractivity contribution in [1.82, 2.24) is 4.98 Å². The molecule has 2 atom stereocenters. The Morgan fingerprint density at radius 1 is 1.10 bits per heavy atom. The Morgan fingerprint density at radius 2 is 1.76 bits per heavy atom. The molecule has 4 nitrogen and oxygen atoms in total. The summed E-state index contributed by atoms with van der Waals surface area (Å²) in [6.45, 7) is 0. The zero-order chi connectivity index (χ0) is 14.7. The van der Waals surface area contributed by atoms with Gasteiger partial charge in [-0.05, 0) is 37.1 Å². The minimum absolute atomic E-state index is 0.271. The Hall–Kier alpha value is -1.46. The number of sulfone groups is 1. The van der Waals surface area contributed by atoms with Crippen LogP contribution in [-0.2, 0) is 15.4 Å². The number of aliphatic hydroxyl groups is 1. The lowest BCUT2D eigenvalue weighted by atomic mass is 9.87. The predicted molar refractivity (Wildman–Crippen MR) is 80.6 cm³/mol. The van der Waals surface area contributed by atoms with E-state index in [2.05, 4.69) is 4.98 Å². The third-order valence-electron chi connectivity index (χ3n) is 4.98. The number of rotatable bonds is 1. The number of fused-ring (bicyclic) bond motifs is 3. The third kappa shape index (κ3) is 1.84. The molecular weight excluding hydrogens is 286 g/mol. The quantitative estimate of drug-likeness (QED) is 0.876. The molecule has 0 spiro atoms. The van der Waals surface area contributed by atoms with Crippen molar-refractivity contribution >= 4 is 20.6 Å². The van der Waals surface area contributed by atoms with E-state index in [0.29, 0.717) is 18.5 Å². The molecular formula is C16H17NO3S. The van der Waals surface area contributed by atoms with E-state index in [1.54, 1.807) is 6.20 Å². The van der Waals surface area contributed by atoms with Crippen molar-refractivity contribution in [2.75, 3.05) is 0 Å². The molecule has 2 fully saturated rings. The Morgan fingerprint density at radius 3 is 2.48 bits per heavy atom. The molecule has 1 N–H and O–H groups in total. The molecule has 0 aliphatic carbocycles. The summed E-state index contributed by atoms with van der Waals surface area (Å²) in [5.41, 5.74) is -0.495. The molecule has 2 aromatic rings. The van der Waals surface area contributed by atoms with Gasteiger partial charge in [-0.2, -0.15) is 0 Å². The zero-order valence-electron chi connectivity index (χ0n) is 11.6. The molecule has 2 unspecified atom stereocenters.